The molecule has 16 heavy (non-hydrogen) atoms. The number of hydrogen-bond donors (Lipinski definition) is 0. The minimum atomic E-state index is -4.29. The predicted octanol–water partition coefficient (Wildman–Crippen LogP) is 2.79. The Morgan fingerprint density at radius 2 is 2.00 bits per heavy atom. The van der Waals surface area contributed by atoms with Gasteiger partial charge in [0.1, 0.15) is 0 Å². The summed E-state index contributed by atoms with van der Waals surface area (Å²) in [5.74, 6) is 0. The molecule has 0 atom stereocenters. The molecule has 0 N–H and O–H groups in total. The lowest BCUT2D eigenvalue weighted by molar-refractivity contribution is -0.137. The molecule has 0 heterocycles. The van der Waals surface area contributed by atoms with Crippen molar-refractivity contribution in [1.29, 1.82) is 0 Å². The summed E-state index contributed by atoms with van der Waals surface area (Å²) in [6.07, 6.45) is -4.29. The zero-order valence-electron chi connectivity index (χ0n) is 9.21. The van der Waals surface area contributed by atoms with Crippen LogP contribution in [0.25, 0.3) is 0 Å². The van der Waals surface area contributed by atoms with Gasteiger partial charge in [0.05, 0.1) is 12.2 Å². The van der Waals surface area contributed by atoms with Gasteiger partial charge in [0.15, 0.2) is 0 Å². The van der Waals surface area contributed by atoms with Crippen LogP contribution in [0.5, 0.6) is 0 Å². The minimum Gasteiger partial charge on any atom is -0.383 e. The third kappa shape index (κ3) is 3.41. The van der Waals surface area contributed by atoms with E-state index >= 15 is 0 Å². The number of anilines is 1. The van der Waals surface area contributed by atoms with E-state index in [1.54, 1.807) is 25.1 Å². The first-order valence-corrected chi connectivity index (χ1v) is 4.82. The third-order valence-corrected chi connectivity index (χ3v) is 2.25. The van der Waals surface area contributed by atoms with Gasteiger partial charge in [-0.05, 0) is 18.2 Å². The van der Waals surface area contributed by atoms with E-state index in [1.165, 1.54) is 6.07 Å². The zero-order valence-corrected chi connectivity index (χ0v) is 9.21. The topological polar surface area (TPSA) is 12.5 Å². The molecule has 5 heteroatoms. The molecule has 0 radical (unpaired) electrons. The van der Waals surface area contributed by atoms with Crippen LogP contribution < -0.4 is 4.90 Å². The molecule has 1 aromatic carbocycles. The number of halogens is 3. The fourth-order valence-electron chi connectivity index (χ4n) is 1.28. The largest absolute Gasteiger partial charge is 0.416 e. The lowest BCUT2D eigenvalue weighted by atomic mass is 10.2. The first-order valence-electron chi connectivity index (χ1n) is 4.82. The van der Waals surface area contributed by atoms with Crippen LogP contribution >= 0.6 is 0 Å². The highest BCUT2D eigenvalue weighted by molar-refractivity contribution is 5.48. The Bertz CT molecular complexity index is 338. The quantitative estimate of drug-likeness (QED) is 0.792. The van der Waals surface area contributed by atoms with Crippen LogP contribution in [-0.4, -0.2) is 27.3 Å². The summed E-state index contributed by atoms with van der Waals surface area (Å²) < 4.78 is 42.2. The van der Waals surface area contributed by atoms with Crippen LogP contribution in [-0.2, 0) is 10.9 Å². The standard InChI is InChI=1S/C11H14F3NO/c1-15(6-7-16-2)10-5-3-4-9(8-10)11(12,13)14/h3-5,8H,6-7H2,1-2H3. The second-order valence-electron chi connectivity index (χ2n) is 3.46. The molecule has 0 saturated heterocycles. The Morgan fingerprint density at radius 3 is 2.56 bits per heavy atom. The number of alkyl halides is 3. The summed E-state index contributed by atoms with van der Waals surface area (Å²) in [6, 6.07) is 5.25. The number of likely N-dealkylation sites (N-methyl/N-ethyl adjacent to an activating group) is 1. The number of hydrogen-bond acceptors (Lipinski definition) is 2. The first-order chi connectivity index (χ1) is 7.45. The highest BCUT2D eigenvalue weighted by atomic mass is 19.4. The fourth-order valence-corrected chi connectivity index (χ4v) is 1.28. The average Bonchev–Trinajstić information content (AvgIpc) is 2.25. The van der Waals surface area contributed by atoms with E-state index in [4.69, 9.17) is 4.74 Å². The van der Waals surface area contributed by atoms with Crippen LogP contribution in [0, 0.1) is 0 Å². The van der Waals surface area contributed by atoms with Crippen molar-refractivity contribution in [2.45, 2.75) is 6.18 Å². The average molecular weight is 233 g/mol. The number of ether oxygens (including phenoxy) is 1. The summed E-state index contributed by atoms with van der Waals surface area (Å²) in [7, 11) is 3.29. The Balaban J connectivity index is 2.82. The van der Waals surface area contributed by atoms with Gasteiger partial charge in [-0.1, -0.05) is 6.07 Å². The Labute approximate surface area is 92.6 Å². The van der Waals surface area contributed by atoms with Gasteiger partial charge in [0.2, 0.25) is 0 Å². The second kappa shape index (κ2) is 5.21. The summed E-state index contributed by atoms with van der Waals surface area (Å²) >= 11 is 0. The van der Waals surface area contributed by atoms with Gasteiger partial charge >= 0.3 is 6.18 Å². The van der Waals surface area contributed by atoms with E-state index in [1.807, 2.05) is 0 Å². The van der Waals surface area contributed by atoms with Gasteiger partial charge in [0, 0.05) is 26.4 Å². The predicted molar refractivity (Wildman–Crippen MR) is 56.6 cm³/mol. The van der Waals surface area contributed by atoms with E-state index < -0.39 is 11.7 Å². The molecule has 1 aromatic rings. The first kappa shape index (κ1) is 12.8. The lowest BCUT2D eigenvalue weighted by Crippen LogP contribution is -2.22. The monoisotopic (exact) mass is 233 g/mol. The van der Waals surface area contributed by atoms with Crippen molar-refractivity contribution in [3.8, 4) is 0 Å². The molecule has 1 rings (SSSR count). The van der Waals surface area contributed by atoms with E-state index in [2.05, 4.69) is 0 Å². The lowest BCUT2D eigenvalue weighted by Gasteiger charge is -2.19. The minimum absolute atomic E-state index is 0.479. The molecule has 0 aromatic heterocycles. The number of nitrogens with zero attached hydrogens (tertiary/aromatic N) is 1. The maximum atomic E-state index is 12.4. The normalized spacial score (nSPS) is 11.6. The zero-order chi connectivity index (χ0) is 12.2. The molecule has 0 fully saturated rings. The van der Waals surface area contributed by atoms with Gasteiger partial charge in [0.25, 0.3) is 0 Å². The Hall–Kier alpha value is -1.23. The van der Waals surface area contributed by atoms with Crippen molar-refractivity contribution in [1.82, 2.24) is 0 Å². The van der Waals surface area contributed by atoms with Gasteiger partial charge in [-0.15, -0.1) is 0 Å². The maximum Gasteiger partial charge on any atom is 0.416 e. The molecular weight excluding hydrogens is 219 g/mol. The van der Waals surface area contributed by atoms with E-state index in [-0.39, 0.29) is 0 Å². The van der Waals surface area contributed by atoms with Crippen molar-refractivity contribution in [2.75, 3.05) is 32.2 Å². The van der Waals surface area contributed by atoms with Crippen LogP contribution in [0.1, 0.15) is 5.56 Å². The number of methoxy groups -OCH3 is 1. The van der Waals surface area contributed by atoms with Crippen LogP contribution in [0.3, 0.4) is 0 Å². The Morgan fingerprint density at radius 1 is 1.31 bits per heavy atom. The molecule has 2 nitrogen and oxygen atoms in total. The molecule has 0 aliphatic carbocycles. The van der Waals surface area contributed by atoms with Crippen LogP contribution in [0.2, 0.25) is 0 Å². The molecule has 0 aliphatic heterocycles. The number of rotatable bonds is 4. The summed E-state index contributed by atoms with van der Waals surface area (Å²) in [5, 5.41) is 0. The molecule has 0 bridgehead atoms. The van der Waals surface area contributed by atoms with Gasteiger partial charge < -0.3 is 9.64 Å². The van der Waals surface area contributed by atoms with Crippen molar-refractivity contribution in [2.24, 2.45) is 0 Å². The molecule has 90 valence electrons. The molecule has 0 amide bonds. The van der Waals surface area contributed by atoms with E-state index in [9.17, 15) is 13.2 Å². The summed E-state index contributed by atoms with van der Waals surface area (Å²) in [6.45, 7) is 1.03. The van der Waals surface area contributed by atoms with Crippen molar-refractivity contribution >= 4 is 5.69 Å². The van der Waals surface area contributed by atoms with E-state index in [0.29, 0.717) is 18.8 Å². The summed E-state index contributed by atoms with van der Waals surface area (Å²) in [4.78, 5) is 1.72. The highest BCUT2D eigenvalue weighted by Crippen LogP contribution is 2.31. The van der Waals surface area contributed by atoms with Crippen molar-refractivity contribution in [3.63, 3.8) is 0 Å². The van der Waals surface area contributed by atoms with Gasteiger partial charge in [-0.3, -0.25) is 0 Å². The van der Waals surface area contributed by atoms with Crippen molar-refractivity contribution in [3.05, 3.63) is 29.8 Å². The molecule has 0 aliphatic rings. The smallest absolute Gasteiger partial charge is 0.383 e. The molecule has 0 saturated carbocycles. The highest BCUT2D eigenvalue weighted by Gasteiger charge is 2.30. The second-order valence-corrected chi connectivity index (χ2v) is 3.46. The van der Waals surface area contributed by atoms with Gasteiger partial charge in [-0.2, -0.15) is 13.2 Å². The Kier molecular flexibility index (Phi) is 4.18. The van der Waals surface area contributed by atoms with Crippen LogP contribution in [0.4, 0.5) is 18.9 Å². The maximum absolute atomic E-state index is 12.4. The van der Waals surface area contributed by atoms with Gasteiger partial charge in [-0.25, -0.2) is 0 Å². The van der Waals surface area contributed by atoms with Crippen LogP contribution in [0.15, 0.2) is 24.3 Å². The van der Waals surface area contributed by atoms with Crippen molar-refractivity contribution < 1.29 is 17.9 Å². The SMILES string of the molecule is COCCN(C)c1cccc(C(F)(F)F)c1. The molecule has 0 spiro atoms. The third-order valence-electron chi connectivity index (χ3n) is 2.25. The summed E-state index contributed by atoms with van der Waals surface area (Å²) in [5.41, 5.74) is -0.0962. The molecular formula is C11H14F3NO. The number of benzene rings is 1. The molecule has 0 unspecified atom stereocenters. The van der Waals surface area contributed by atoms with E-state index in [0.717, 1.165) is 12.1 Å². The fraction of sp³-hybridized carbons (Fsp3) is 0.455.